The maximum Gasteiger partial charge on any atom is 0.148 e. The van der Waals surface area contributed by atoms with Gasteiger partial charge in [-0.05, 0) is 31.7 Å². The summed E-state index contributed by atoms with van der Waals surface area (Å²) in [6.07, 6.45) is 4.73. The van der Waals surface area contributed by atoms with Crippen molar-refractivity contribution in [2.24, 2.45) is 0 Å². The summed E-state index contributed by atoms with van der Waals surface area (Å²) in [5, 5.41) is 4.77. The number of halogens is 1. The first-order chi connectivity index (χ1) is 11.2. The number of nitrogens with zero attached hydrogens (tertiary/aromatic N) is 2. The number of benzene rings is 1. The molecule has 1 aliphatic rings. The Bertz CT molecular complexity index is 652. The normalized spacial score (nSPS) is 21.2. The van der Waals surface area contributed by atoms with E-state index in [1.807, 2.05) is 11.8 Å². The van der Waals surface area contributed by atoms with Gasteiger partial charge in [0.1, 0.15) is 17.2 Å². The third-order valence-electron chi connectivity index (χ3n) is 4.26. The minimum absolute atomic E-state index is 0.416. The van der Waals surface area contributed by atoms with Crippen LogP contribution in [0.15, 0.2) is 30.6 Å². The van der Waals surface area contributed by atoms with Crippen molar-refractivity contribution in [3.8, 4) is 0 Å². The van der Waals surface area contributed by atoms with Gasteiger partial charge in [-0.25, -0.2) is 9.97 Å². The first kappa shape index (κ1) is 16.6. The highest BCUT2D eigenvalue weighted by Crippen LogP contribution is 2.39. The average molecular weight is 348 g/mol. The van der Waals surface area contributed by atoms with Gasteiger partial charge < -0.3 is 5.32 Å². The molecule has 23 heavy (non-hydrogen) atoms. The second-order valence-electron chi connectivity index (χ2n) is 5.99. The molecule has 0 radical (unpaired) electrons. The summed E-state index contributed by atoms with van der Waals surface area (Å²) in [6, 6.07) is 9.34. The zero-order valence-electron chi connectivity index (χ0n) is 13.6. The van der Waals surface area contributed by atoms with Crippen molar-refractivity contribution in [3.63, 3.8) is 0 Å². The van der Waals surface area contributed by atoms with Crippen LogP contribution in [0.5, 0.6) is 0 Å². The van der Waals surface area contributed by atoms with Crippen molar-refractivity contribution in [3.05, 3.63) is 52.4 Å². The second-order valence-corrected chi connectivity index (χ2v) is 7.60. The fraction of sp³-hybridized carbons (Fsp3) is 0.444. The summed E-state index contributed by atoms with van der Waals surface area (Å²) < 4.78 is 0. The van der Waals surface area contributed by atoms with E-state index < -0.39 is 0 Å². The molecule has 0 bridgehead atoms. The SMILES string of the molecule is CCc1ncnc(NC2CCC(c3ccc(C)cc3)SC2)c1Cl. The Morgan fingerprint density at radius 1 is 1.22 bits per heavy atom. The standard InChI is InChI=1S/C18H22ClN3S/c1-3-15-17(19)18(21-11-20-15)22-14-8-9-16(23-10-14)13-6-4-12(2)5-7-13/h4-7,11,14,16H,3,8-10H2,1-2H3,(H,20,21,22). The smallest absolute Gasteiger partial charge is 0.148 e. The monoisotopic (exact) mass is 347 g/mol. The summed E-state index contributed by atoms with van der Waals surface area (Å²) in [7, 11) is 0. The molecule has 2 heterocycles. The Balaban J connectivity index is 1.60. The highest BCUT2D eigenvalue weighted by atomic mass is 35.5. The Kier molecular flexibility index (Phi) is 5.44. The van der Waals surface area contributed by atoms with Crippen LogP contribution in [0.1, 0.15) is 41.8 Å². The molecule has 2 aromatic rings. The van der Waals surface area contributed by atoms with Crippen molar-refractivity contribution in [2.75, 3.05) is 11.1 Å². The van der Waals surface area contributed by atoms with Crippen LogP contribution >= 0.6 is 23.4 Å². The predicted octanol–water partition coefficient (Wildman–Crippen LogP) is 5.05. The Morgan fingerprint density at radius 2 is 2.00 bits per heavy atom. The molecular formula is C18H22ClN3S. The van der Waals surface area contributed by atoms with Crippen molar-refractivity contribution in [1.82, 2.24) is 9.97 Å². The summed E-state index contributed by atoms with van der Waals surface area (Å²) >= 11 is 8.39. The number of nitrogens with one attached hydrogen (secondary N) is 1. The van der Waals surface area contributed by atoms with E-state index in [9.17, 15) is 0 Å². The van der Waals surface area contributed by atoms with Gasteiger partial charge >= 0.3 is 0 Å². The number of aromatic nitrogens is 2. The van der Waals surface area contributed by atoms with Gasteiger partial charge in [-0.3, -0.25) is 0 Å². The lowest BCUT2D eigenvalue weighted by Crippen LogP contribution is -2.27. The molecule has 1 aromatic heterocycles. The minimum Gasteiger partial charge on any atom is -0.365 e. The summed E-state index contributed by atoms with van der Waals surface area (Å²) in [5.74, 6) is 1.85. The van der Waals surface area contributed by atoms with Gasteiger partial charge in [0.2, 0.25) is 0 Å². The highest BCUT2D eigenvalue weighted by molar-refractivity contribution is 7.99. The molecule has 2 unspecified atom stereocenters. The highest BCUT2D eigenvalue weighted by Gasteiger charge is 2.23. The largest absolute Gasteiger partial charge is 0.365 e. The first-order valence-electron chi connectivity index (χ1n) is 8.11. The van der Waals surface area contributed by atoms with Crippen molar-refractivity contribution >= 4 is 29.2 Å². The van der Waals surface area contributed by atoms with Crippen LogP contribution in [0.25, 0.3) is 0 Å². The van der Waals surface area contributed by atoms with E-state index in [0.717, 1.165) is 30.1 Å². The van der Waals surface area contributed by atoms with E-state index >= 15 is 0 Å². The molecule has 1 fully saturated rings. The molecule has 1 saturated heterocycles. The third kappa shape index (κ3) is 3.99. The second kappa shape index (κ2) is 7.54. The van der Waals surface area contributed by atoms with Crippen LogP contribution < -0.4 is 5.32 Å². The molecule has 3 rings (SSSR count). The molecule has 122 valence electrons. The number of hydrogen-bond donors (Lipinski definition) is 1. The van der Waals surface area contributed by atoms with E-state index in [1.165, 1.54) is 17.5 Å². The van der Waals surface area contributed by atoms with Gasteiger partial charge in [0.15, 0.2) is 0 Å². The third-order valence-corrected chi connectivity index (χ3v) is 6.16. The van der Waals surface area contributed by atoms with E-state index in [-0.39, 0.29) is 0 Å². The molecule has 0 spiro atoms. The van der Waals surface area contributed by atoms with Gasteiger partial charge in [0.25, 0.3) is 0 Å². The van der Waals surface area contributed by atoms with Gasteiger partial charge in [0.05, 0.1) is 5.69 Å². The number of thioether (sulfide) groups is 1. The topological polar surface area (TPSA) is 37.8 Å². The van der Waals surface area contributed by atoms with E-state index in [2.05, 4.69) is 53.4 Å². The van der Waals surface area contributed by atoms with Crippen molar-refractivity contribution in [2.45, 2.75) is 44.4 Å². The number of rotatable bonds is 4. The van der Waals surface area contributed by atoms with Crippen LogP contribution in [0.3, 0.4) is 0 Å². The minimum atomic E-state index is 0.416. The number of anilines is 1. The lowest BCUT2D eigenvalue weighted by molar-refractivity contribution is 0.628. The van der Waals surface area contributed by atoms with Crippen LogP contribution in [-0.2, 0) is 6.42 Å². The number of aryl methyl sites for hydroxylation is 2. The number of hydrogen-bond acceptors (Lipinski definition) is 4. The Labute approximate surface area is 147 Å². The van der Waals surface area contributed by atoms with E-state index in [0.29, 0.717) is 16.3 Å². The van der Waals surface area contributed by atoms with Crippen LogP contribution in [0, 0.1) is 6.92 Å². The molecule has 2 atom stereocenters. The molecule has 5 heteroatoms. The summed E-state index contributed by atoms with van der Waals surface area (Å²) in [5.41, 5.74) is 3.66. The zero-order valence-corrected chi connectivity index (χ0v) is 15.1. The Hall–Kier alpha value is -1.26. The molecule has 1 aliphatic heterocycles. The molecule has 1 aromatic carbocycles. The van der Waals surface area contributed by atoms with E-state index in [1.54, 1.807) is 6.33 Å². The lowest BCUT2D eigenvalue weighted by Gasteiger charge is -2.29. The fourth-order valence-corrected chi connectivity index (χ4v) is 4.51. The summed E-state index contributed by atoms with van der Waals surface area (Å²) in [6.45, 7) is 4.19. The quantitative estimate of drug-likeness (QED) is 0.839. The van der Waals surface area contributed by atoms with Crippen LogP contribution in [0.4, 0.5) is 5.82 Å². The lowest BCUT2D eigenvalue weighted by atomic mass is 10.0. The average Bonchev–Trinajstić information content (AvgIpc) is 2.58. The van der Waals surface area contributed by atoms with Gasteiger partial charge in [-0.2, -0.15) is 11.8 Å². The van der Waals surface area contributed by atoms with Crippen molar-refractivity contribution in [1.29, 1.82) is 0 Å². The van der Waals surface area contributed by atoms with Crippen molar-refractivity contribution < 1.29 is 0 Å². The van der Waals surface area contributed by atoms with Gasteiger partial charge in [-0.1, -0.05) is 48.4 Å². The van der Waals surface area contributed by atoms with Crippen LogP contribution in [-0.4, -0.2) is 21.8 Å². The molecule has 3 nitrogen and oxygen atoms in total. The zero-order chi connectivity index (χ0) is 16.2. The molecule has 0 amide bonds. The molecule has 0 aliphatic carbocycles. The first-order valence-corrected chi connectivity index (χ1v) is 9.54. The van der Waals surface area contributed by atoms with Gasteiger partial charge in [-0.15, -0.1) is 0 Å². The fourth-order valence-electron chi connectivity index (χ4n) is 2.86. The molecule has 1 N–H and O–H groups in total. The van der Waals surface area contributed by atoms with E-state index in [4.69, 9.17) is 11.6 Å². The van der Waals surface area contributed by atoms with Gasteiger partial charge in [0, 0.05) is 17.0 Å². The molecule has 0 saturated carbocycles. The molecular weight excluding hydrogens is 326 g/mol. The Morgan fingerprint density at radius 3 is 2.65 bits per heavy atom. The van der Waals surface area contributed by atoms with Crippen LogP contribution in [0.2, 0.25) is 5.02 Å². The summed E-state index contributed by atoms with van der Waals surface area (Å²) in [4.78, 5) is 8.53. The maximum absolute atomic E-state index is 6.37. The maximum atomic E-state index is 6.37. The predicted molar refractivity (Wildman–Crippen MR) is 99.4 cm³/mol.